The van der Waals surface area contributed by atoms with Crippen LogP contribution in [0.4, 0.5) is 0 Å². The van der Waals surface area contributed by atoms with Crippen molar-refractivity contribution in [1.82, 2.24) is 4.98 Å². The molecule has 0 unspecified atom stereocenters. The van der Waals surface area contributed by atoms with Crippen molar-refractivity contribution in [3.63, 3.8) is 0 Å². The van der Waals surface area contributed by atoms with Crippen molar-refractivity contribution in [2.24, 2.45) is 5.92 Å². The quantitative estimate of drug-likeness (QED) is 0.717. The van der Waals surface area contributed by atoms with E-state index in [2.05, 4.69) is 18.8 Å². The van der Waals surface area contributed by atoms with E-state index in [1.807, 2.05) is 0 Å². The highest BCUT2D eigenvalue weighted by Crippen LogP contribution is 2.08. The molecule has 1 rings (SSSR count). The lowest BCUT2D eigenvalue weighted by Gasteiger charge is -1.97. The van der Waals surface area contributed by atoms with Crippen LogP contribution in [-0.2, 0) is 13.0 Å². The van der Waals surface area contributed by atoms with E-state index < -0.39 is 0 Å². The third-order valence-corrected chi connectivity index (χ3v) is 1.34. The zero-order chi connectivity index (χ0) is 8.27. The summed E-state index contributed by atoms with van der Waals surface area (Å²) in [7, 11) is 0. The molecule has 0 fully saturated rings. The highest BCUT2D eigenvalue weighted by atomic mass is 16.4. The van der Waals surface area contributed by atoms with Crippen molar-refractivity contribution < 1.29 is 9.52 Å². The molecule has 0 aromatic carbocycles. The molecule has 1 aromatic rings. The van der Waals surface area contributed by atoms with Crippen molar-refractivity contribution in [2.75, 3.05) is 0 Å². The first-order chi connectivity index (χ1) is 5.22. The van der Waals surface area contributed by atoms with Gasteiger partial charge in [-0.3, -0.25) is 0 Å². The zero-order valence-electron chi connectivity index (χ0n) is 6.87. The van der Waals surface area contributed by atoms with Crippen LogP contribution in [0.5, 0.6) is 0 Å². The lowest BCUT2D eigenvalue weighted by atomic mass is 10.1. The summed E-state index contributed by atoms with van der Waals surface area (Å²) in [5, 5.41) is 8.65. The molecule has 1 heterocycles. The van der Waals surface area contributed by atoms with Crippen LogP contribution in [0.25, 0.3) is 0 Å². The van der Waals surface area contributed by atoms with Gasteiger partial charge < -0.3 is 9.52 Å². The third kappa shape index (κ3) is 2.35. The van der Waals surface area contributed by atoms with Crippen LogP contribution in [0.1, 0.15) is 25.5 Å². The van der Waals surface area contributed by atoms with E-state index in [9.17, 15) is 0 Å². The molecule has 0 radical (unpaired) electrons. The summed E-state index contributed by atoms with van der Waals surface area (Å²) in [5.41, 5.74) is 0. The summed E-state index contributed by atoms with van der Waals surface area (Å²) in [6.45, 7) is 4.14. The fourth-order valence-corrected chi connectivity index (χ4v) is 0.865. The van der Waals surface area contributed by atoms with Gasteiger partial charge in [-0.15, -0.1) is 0 Å². The van der Waals surface area contributed by atoms with Crippen molar-refractivity contribution in [3.8, 4) is 0 Å². The van der Waals surface area contributed by atoms with Gasteiger partial charge in [0.2, 0.25) is 0 Å². The molecule has 0 saturated heterocycles. The van der Waals surface area contributed by atoms with Gasteiger partial charge in [-0.05, 0) is 5.92 Å². The molecule has 0 aliphatic rings. The van der Waals surface area contributed by atoms with Gasteiger partial charge in [-0.25, -0.2) is 4.98 Å². The Labute approximate surface area is 66.1 Å². The number of aromatic nitrogens is 1. The molecule has 0 aliphatic carbocycles. The minimum Gasteiger partial charge on any atom is -0.443 e. The molecular formula is C8H13NO2. The fourth-order valence-electron chi connectivity index (χ4n) is 0.865. The summed E-state index contributed by atoms with van der Waals surface area (Å²) in [6, 6.07) is 0. The molecule has 62 valence electrons. The Hall–Kier alpha value is -0.830. The van der Waals surface area contributed by atoms with Crippen LogP contribution in [-0.4, -0.2) is 10.1 Å². The molecule has 0 saturated carbocycles. The van der Waals surface area contributed by atoms with E-state index in [0.717, 1.165) is 6.42 Å². The van der Waals surface area contributed by atoms with Crippen LogP contribution < -0.4 is 0 Å². The maximum absolute atomic E-state index is 8.65. The molecule has 0 bridgehead atoms. The van der Waals surface area contributed by atoms with Crippen molar-refractivity contribution in [3.05, 3.63) is 17.8 Å². The standard InChI is InChI=1S/C8H13NO2/c1-6(2)3-8-9-4-7(5-10)11-8/h4,6,10H,3,5H2,1-2H3. The SMILES string of the molecule is CC(C)Cc1ncc(CO)o1. The van der Waals surface area contributed by atoms with E-state index in [1.54, 1.807) is 6.20 Å². The number of hydrogen-bond acceptors (Lipinski definition) is 3. The van der Waals surface area contributed by atoms with Crippen LogP contribution in [0.15, 0.2) is 10.6 Å². The number of aliphatic hydroxyl groups is 1. The van der Waals surface area contributed by atoms with E-state index in [4.69, 9.17) is 9.52 Å². The second-order valence-corrected chi connectivity index (χ2v) is 2.98. The number of nitrogens with zero attached hydrogens (tertiary/aromatic N) is 1. The van der Waals surface area contributed by atoms with E-state index >= 15 is 0 Å². The molecule has 0 spiro atoms. The summed E-state index contributed by atoms with van der Waals surface area (Å²) in [5.74, 6) is 1.80. The van der Waals surface area contributed by atoms with Crippen LogP contribution in [0.3, 0.4) is 0 Å². The number of oxazole rings is 1. The minimum atomic E-state index is -0.0644. The lowest BCUT2D eigenvalue weighted by molar-refractivity contribution is 0.242. The second kappa shape index (κ2) is 3.53. The van der Waals surface area contributed by atoms with Gasteiger partial charge in [0.05, 0.1) is 6.20 Å². The van der Waals surface area contributed by atoms with Gasteiger partial charge in [-0.1, -0.05) is 13.8 Å². The third-order valence-electron chi connectivity index (χ3n) is 1.34. The maximum atomic E-state index is 8.65. The van der Waals surface area contributed by atoms with Gasteiger partial charge in [0.1, 0.15) is 12.4 Å². The largest absolute Gasteiger partial charge is 0.443 e. The first-order valence-corrected chi connectivity index (χ1v) is 3.77. The Morgan fingerprint density at radius 1 is 1.64 bits per heavy atom. The summed E-state index contributed by atoms with van der Waals surface area (Å²) >= 11 is 0. The normalized spacial score (nSPS) is 10.9. The van der Waals surface area contributed by atoms with Gasteiger partial charge in [0.25, 0.3) is 0 Å². The number of hydrogen-bond donors (Lipinski definition) is 1. The first kappa shape index (κ1) is 8.27. The summed E-state index contributed by atoms with van der Waals surface area (Å²) in [6.07, 6.45) is 2.40. The van der Waals surface area contributed by atoms with Crippen molar-refractivity contribution in [1.29, 1.82) is 0 Å². The number of aliphatic hydroxyl groups excluding tert-OH is 1. The van der Waals surface area contributed by atoms with Crippen LogP contribution in [0.2, 0.25) is 0 Å². The average molecular weight is 155 g/mol. The number of rotatable bonds is 3. The smallest absolute Gasteiger partial charge is 0.194 e. The first-order valence-electron chi connectivity index (χ1n) is 3.77. The highest BCUT2D eigenvalue weighted by molar-refractivity contribution is 4.92. The molecule has 1 N–H and O–H groups in total. The van der Waals surface area contributed by atoms with Gasteiger partial charge in [0.15, 0.2) is 5.89 Å². The van der Waals surface area contributed by atoms with E-state index in [-0.39, 0.29) is 6.61 Å². The minimum absolute atomic E-state index is 0.0644. The van der Waals surface area contributed by atoms with E-state index in [0.29, 0.717) is 17.6 Å². The Kier molecular flexibility index (Phi) is 2.65. The predicted molar refractivity (Wildman–Crippen MR) is 41.0 cm³/mol. The lowest BCUT2D eigenvalue weighted by Crippen LogP contribution is -1.93. The highest BCUT2D eigenvalue weighted by Gasteiger charge is 2.04. The summed E-state index contributed by atoms with van der Waals surface area (Å²) in [4.78, 5) is 4.00. The van der Waals surface area contributed by atoms with Crippen molar-refractivity contribution in [2.45, 2.75) is 26.9 Å². The zero-order valence-corrected chi connectivity index (χ0v) is 6.87. The molecular weight excluding hydrogens is 142 g/mol. The molecule has 3 nitrogen and oxygen atoms in total. The Morgan fingerprint density at radius 3 is 2.82 bits per heavy atom. The second-order valence-electron chi connectivity index (χ2n) is 2.98. The van der Waals surface area contributed by atoms with Gasteiger partial charge in [-0.2, -0.15) is 0 Å². The molecule has 0 amide bonds. The molecule has 3 heteroatoms. The van der Waals surface area contributed by atoms with E-state index in [1.165, 1.54) is 0 Å². The van der Waals surface area contributed by atoms with Gasteiger partial charge in [0, 0.05) is 6.42 Å². The topological polar surface area (TPSA) is 46.3 Å². The Balaban J connectivity index is 2.58. The molecule has 0 atom stereocenters. The Bertz CT molecular complexity index is 218. The molecule has 1 aromatic heterocycles. The molecule has 0 aliphatic heterocycles. The summed E-state index contributed by atoms with van der Waals surface area (Å²) < 4.78 is 5.18. The fraction of sp³-hybridized carbons (Fsp3) is 0.625. The van der Waals surface area contributed by atoms with Crippen LogP contribution >= 0.6 is 0 Å². The van der Waals surface area contributed by atoms with Gasteiger partial charge >= 0.3 is 0 Å². The van der Waals surface area contributed by atoms with Crippen molar-refractivity contribution >= 4 is 0 Å². The van der Waals surface area contributed by atoms with Crippen LogP contribution in [0, 0.1) is 5.92 Å². The average Bonchev–Trinajstić information content (AvgIpc) is 2.34. The maximum Gasteiger partial charge on any atom is 0.194 e. The molecule has 11 heavy (non-hydrogen) atoms. The Morgan fingerprint density at radius 2 is 2.36 bits per heavy atom. The monoisotopic (exact) mass is 155 g/mol. The predicted octanol–water partition coefficient (Wildman–Crippen LogP) is 1.37.